The molecular weight excluding hydrogens is 310 g/mol. The second kappa shape index (κ2) is 6.53. The number of methoxy groups -OCH3 is 2. The monoisotopic (exact) mass is 327 g/mol. The Labute approximate surface area is 138 Å². The molecule has 1 aromatic carbocycles. The Morgan fingerprint density at radius 2 is 2.08 bits per heavy atom. The highest BCUT2D eigenvalue weighted by Crippen LogP contribution is 2.24. The van der Waals surface area contributed by atoms with E-state index >= 15 is 0 Å². The maximum atomic E-state index is 12.3. The molecular formula is C16H17N5O3. The van der Waals surface area contributed by atoms with E-state index in [1.807, 2.05) is 13.0 Å². The summed E-state index contributed by atoms with van der Waals surface area (Å²) >= 11 is 0. The Morgan fingerprint density at radius 1 is 1.25 bits per heavy atom. The van der Waals surface area contributed by atoms with Crippen molar-refractivity contribution in [2.24, 2.45) is 0 Å². The molecule has 2 aromatic heterocycles. The molecule has 1 amide bonds. The molecule has 124 valence electrons. The van der Waals surface area contributed by atoms with Crippen LogP contribution in [0.5, 0.6) is 11.5 Å². The maximum absolute atomic E-state index is 12.3. The lowest BCUT2D eigenvalue weighted by molar-refractivity contribution is 0.0940. The van der Waals surface area contributed by atoms with Gasteiger partial charge < -0.3 is 14.8 Å². The van der Waals surface area contributed by atoms with Gasteiger partial charge in [-0.3, -0.25) is 4.79 Å². The number of aryl methyl sites for hydroxylation is 1. The van der Waals surface area contributed by atoms with Gasteiger partial charge in [0.05, 0.1) is 14.2 Å². The van der Waals surface area contributed by atoms with E-state index in [4.69, 9.17) is 9.47 Å². The smallest absolute Gasteiger partial charge is 0.291 e. The van der Waals surface area contributed by atoms with Crippen molar-refractivity contribution < 1.29 is 14.3 Å². The van der Waals surface area contributed by atoms with E-state index in [1.54, 1.807) is 38.6 Å². The molecule has 8 nitrogen and oxygen atoms in total. The Balaban J connectivity index is 1.76. The summed E-state index contributed by atoms with van der Waals surface area (Å²) in [4.78, 5) is 20.5. The molecule has 0 saturated heterocycles. The first-order valence-corrected chi connectivity index (χ1v) is 7.30. The molecule has 2 heterocycles. The van der Waals surface area contributed by atoms with Crippen LogP contribution in [0.25, 0.3) is 5.78 Å². The molecule has 0 aliphatic rings. The summed E-state index contributed by atoms with van der Waals surface area (Å²) in [5, 5.41) is 6.96. The fraction of sp³-hybridized carbons (Fsp3) is 0.250. The molecule has 3 rings (SSSR count). The molecule has 0 fully saturated rings. The van der Waals surface area contributed by atoms with E-state index in [0.717, 1.165) is 11.3 Å². The molecule has 8 heteroatoms. The first-order chi connectivity index (χ1) is 11.6. The van der Waals surface area contributed by atoms with Gasteiger partial charge in [-0.05, 0) is 25.1 Å². The van der Waals surface area contributed by atoms with E-state index in [9.17, 15) is 4.79 Å². The summed E-state index contributed by atoms with van der Waals surface area (Å²) in [7, 11) is 3.15. The van der Waals surface area contributed by atoms with Gasteiger partial charge in [0.15, 0.2) is 0 Å². The third-order valence-electron chi connectivity index (χ3n) is 3.57. The number of carbonyl (C=O) groups is 1. The molecule has 3 aromatic rings. The highest BCUT2D eigenvalue weighted by atomic mass is 16.5. The minimum atomic E-state index is -0.377. The Morgan fingerprint density at radius 3 is 2.79 bits per heavy atom. The second-order valence-electron chi connectivity index (χ2n) is 5.09. The minimum Gasteiger partial charge on any atom is -0.497 e. The van der Waals surface area contributed by atoms with Gasteiger partial charge in [0, 0.05) is 30.1 Å². The van der Waals surface area contributed by atoms with Crippen molar-refractivity contribution in [2.45, 2.75) is 13.5 Å². The Hall–Kier alpha value is -3.16. The highest BCUT2D eigenvalue weighted by molar-refractivity contribution is 5.90. The van der Waals surface area contributed by atoms with Crippen molar-refractivity contribution in [1.29, 1.82) is 0 Å². The van der Waals surface area contributed by atoms with Crippen LogP contribution in [0.2, 0.25) is 0 Å². The van der Waals surface area contributed by atoms with Gasteiger partial charge in [-0.1, -0.05) is 0 Å². The molecule has 0 aliphatic carbocycles. The fourth-order valence-corrected chi connectivity index (χ4v) is 2.26. The number of hydrogen-bond acceptors (Lipinski definition) is 6. The zero-order valence-electron chi connectivity index (χ0n) is 13.6. The quantitative estimate of drug-likeness (QED) is 0.761. The standard InChI is InChI=1S/C16H17N5O3/c1-10-6-7-17-16-19-14(20-21(10)16)15(22)18-9-11-4-5-12(23-2)8-13(11)24-3/h4-8H,9H2,1-3H3,(H,18,22). The van der Waals surface area contributed by atoms with E-state index in [1.165, 1.54) is 4.52 Å². The number of rotatable bonds is 5. The highest BCUT2D eigenvalue weighted by Gasteiger charge is 2.15. The van der Waals surface area contributed by atoms with Crippen molar-refractivity contribution in [1.82, 2.24) is 24.9 Å². The van der Waals surface area contributed by atoms with Gasteiger partial charge in [0.2, 0.25) is 5.82 Å². The molecule has 0 spiro atoms. The lowest BCUT2D eigenvalue weighted by atomic mass is 10.2. The van der Waals surface area contributed by atoms with Crippen LogP contribution in [-0.2, 0) is 6.54 Å². The summed E-state index contributed by atoms with van der Waals surface area (Å²) in [5.41, 5.74) is 1.67. The van der Waals surface area contributed by atoms with E-state index < -0.39 is 0 Å². The van der Waals surface area contributed by atoms with Gasteiger partial charge in [-0.15, -0.1) is 5.10 Å². The molecule has 24 heavy (non-hydrogen) atoms. The number of ether oxygens (including phenoxy) is 2. The molecule has 0 atom stereocenters. The zero-order chi connectivity index (χ0) is 17.1. The average Bonchev–Trinajstić information content (AvgIpc) is 3.05. The lowest BCUT2D eigenvalue weighted by Gasteiger charge is -2.10. The van der Waals surface area contributed by atoms with Gasteiger partial charge >= 0.3 is 0 Å². The Kier molecular flexibility index (Phi) is 4.28. The summed E-state index contributed by atoms with van der Waals surface area (Å²) < 4.78 is 12.0. The molecule has 0 unspecified atom stereocenters. The van der Waals surface area contributed by atoms with Gasteiger partial charge in [0.1, 0.15) is 11.5 Å². The van der Waals surface area contributed by atoms with Crippen LogP contribution < -0.4 is 14.8 Å². The SMILES string of the molecule is COc1ccc(CNC(=O)c2nc3nccc(C)n3n2)c(OC)c1. The first kappa shape index (κ1) is 15.7. The largest absolute Gasteiger partial charge is 0.497 e. The average molecular weight is 327 g/mol. The van der Waals surface area contributed by atoms with Crippen LogP contribution in [0.15, 0.2) is 30.5 Å². The zero-order valence-corrected chi connectivity index (χ0v) is 13.6. The summed E-state index contributed by atoms with van der Waals surface area (Å²) in [6.45, 7) is 2.15. The van der Waals surface area contributed by atoms with Crippen LogP contribution in [0, 0.1) is 6.92 Å². The number of nitrogens with zero attached hydrogens (tertiary/aromatic N) is 4. The second-order valence-corrected chi connectivity index (χ2v) is 5.09. The van der Waals surface area contributed by atoms with Crippen molar-refractivity contribution in [3.05, 3.63) is 47.5 Å². The van der Waals surface area contributed by atoms with Crippen LogP contribution in [-0.4, -0.2) is 39.7 Å². The number of hydrogen-bond donors (Lipinski definition) is 1. The Bertz CT molecular complexity index is 891. The topological polar surface area (TPSA) is 90.6 Å². The van der Waals surface area contributed by atoms with Crippen molar-refractivity contribution >= 4 is 11.7 Å². The number of fused-ring (bicyclic) bond motifs is 1. The predicted octanol–water partition coefficient (Wildman–Crippen LogP) is 1.38. The van der Waals surface area contributed by atoms with Gasteiger partial charge in [-0.2, -0.15) is 4.98 Å². The first-order valence-electron chi connectivity index (χ1n) is 7.30. The van der Waals surface area contributed by atoms with Crippen LogP contribution in [0.3, 0.4) is 0 Å². The molecule has 0 saturated carbocycles. The number of amides is 1. The van der Waals surface area contributed by atoms with Crippen molar-refractivity contribution in [2.75, 3.05) is 14.2 Å². The van der Waals surface area contributed by atoms with Crippen molar-refractivity contribution in [3.8, 4) is 11.5 Å². The number of nitrogens with one attached hydrogen (secondary N) is 1. The van der Waals surface area contributed by atoms with Gasteiger partial charge in [-0.25, -0.2) is 9.50 Å². The summed E-state index contributed by atoms with van der Waals surface area (Å²) in [5.74, 6) is 1.41. The maximum Gasteiger partial charge on any atom is 0.291 e. The van der Waals surface area contributed by atoms with Gasteiger partial charge in [0.25, 0.3) is 11.7 Å². The van der Waals surface area contributed by atoms with Crippen LogP contribution in [0.1, 0.15) is 21.9 Å². The van der Waals surface area contributed by atoms with E-state index in [0.29, 0.717) is 17.3 Å². The molecule has 0 bridgehead atoms. The third kappa shape index (κ3) is 2.98. The summed E-state index contributed by atoms with van der Waals surface area (Å²) in [6, 6.07) is 7.20. The molecule has 1 N–H and O–H groups in total. The minimum absolute atomic E-state index is 0.0734. The normalized spacial score (nSPS) is 10.6. The van der Waals surface area contributed by atoms with E-state index in [2.05, 4.69) is 20.4 Å². The van der Waals surface area contributed by atoms with Crippen LogP contribution >= 0.6 is 0 Å². The number of aromatic nitrogens is 4. The molecule has 0 aliphatic heterocycles. The number of carbonyl (C=O) groups excluding carboxylic acids is 1. The summed E-state index contributed by atoms with van der Waals surface area (Å²) in [6.07, 6.45) is 1.63. The fourth-order valence-electron chi connectivity index (χ4n) is 2.26. The van der Waals surface area contributed by atoms with Crippen LogP contribution in [0.4, 0.5) is 0 Å². The van der Waals surface area contributed by atoms with E-state index in [-0.39, 0.29) is 18.3 Å². The third-order valence-corrected chi connectivity index (χ3v) is 3.57. The lowest BCUT2D eigenvalue weighted by Crippen LogP contribution is -2.24. The molecule has 0 radical (unpaired) electrons. The number of benzene rings is 1. The van der Waals surface area contributed by atoms with Crippen molar-refractivity contribution in [3.63, 3.8) is 0 Å². The predicted molar refractivity (Wildman–Crippen MR) is 86.2 cm³/mol.